The number of nitrogens with one attached hydrogen (secondary N) is 1. The molecule has 1 unspecified atom stereocenters. The van der Waals surface area contributed by atoms with Crippen LogP contribution in [0.2, 0.25) is 0 Å². The highest BCUT2D eigenvalue weighted by Gasteiger charge is 2.42. The molecule has 3 atom stereocenters. The summed E-state index contributed by atoms with van der Waals surface area (Å²) in [7, 11) is 0. The third-order valence-electron chi connectivity index (χ3n) is 4.88. The fourth-order valence-electron chi connectivity index (χ4n) is 3.97. The van der Waals surface area contributed by atoms with Gasteiger partial charge in [0.1, 0.15) is 0 Å². The van der Waals surface area contributed by atoms with E-state index in [1.54, 1.807) is 0 Å². The highest BCUT2D eigenvalue weighted by Crippen LogP contribution is 2.36. The van der Waals surface area contributed by atoms with E-state index >= 15 is 0 Å². The Balaban J connectivity index is 0.00000132. The first kappa shape index (κ1) is 20.3. The number of aromatic nitrogens is 2. The van der Waals surface area contributed by atoms with Crippen molar-refractivity contribution in [1.82, 2.24) is 15.1 Å². The molecule has 1 aliphatic heterocycles. The second-order valence-corrected chi connectivity index (χ2v) is 6.27. The number of rotatable bonds is 4. The van der Waals surface area contributed by atoms with Gasteiger partial charge in [-0.2, -0.15) is 5.10 Å². The lowest BCUT2D eigenvalue weighted by molar-refractivity contribution is -0.152. The number of nitrogens with zero attached hydrogens (tertiary/aromatic N) is 2. The molecule has 2 heterocycles. The molecule has 0 spiro atoms. The number of likely N-dealkylation sites (tertiary alicyclic amines) is 1. The van der Waals surface area contributed by atoms with Gasteiger partial charge in [0.05, 0.1) is 18.2 Å². The fourth-order valence-corrected chi connectivity index (χ4v) is 3.97. The summed E-state index contributed by atoms with van der Waals surface area (Å²) in [6.45, 7) is 6.46. The molecule has 0 aromatic carbocycles. The summed E-state index contributed by atoms with van der Waals surface area (Å²) in [6, 6.07) is 0.556. The monoisotopic (exact) mass is 363 g/mol. The van der Waals surface area contributed by atoms with Gasteiger partial charge in [-0.25, -0.2) is 0 Å². The van der Waals surface area contributed by atoms with Crippen molar-refractivity contribution in [3.63, 3.8) is 0 Å². The van der Waals surface area contributed by atoms with Gasteiger partial charge >= 0.3 is 5.97 Å². The molecule has 1 fully saturated rings. The lowest BCUT2D eigenvalue weighted by atomic mass is 9.74. The van der Waals surface area contributed by atoms with E-state index in [4.69, 9.17) is 4.74 Å². The second-order valence-electron chi connectivity index (χ2n) is 6.27. The molecule has 23 heavy (non-hydrogen) atoms. The average molecular weight is 364 g/mol. The van der Waals surface area contributed by atoms with Gasteiger partial charge in [0, 0.05) is 18.8 Å². The van der Waals surface area contributed by atoms with Crippen LogP contribution in [-0.4, -0.2) is 46.8 Å². The van der Waals surface area contributed by atoms with E-state index in [9.17, 15) is 4.79 Å². The van der Waals surface area contributed by atoms with Crippen molar-refractivity contribution >= 4 is 30.8 Å². The Morgan fingerprint density at radius 2 is 2.17 bits per heavy atom. The summed E-state index contributed by atoms with van der Waals surface area (Å²) in [5.74, 6) is 0.527. The summed E-state index contributed by atoms with van der Waals surface area (Å²) in [5.41, 5.74) is 2.55. The molecule has 132 valence electrons. The Morgan fingerprint density at radius 1 is 1.39 bits per heavy atom. The van der Waals surface area contributed by atoms with Gasteiger partial charge in [-0.1, -0.05) is 6.92 Å². The van der Waals surface area contributed by atoms with E-state index in [-0.39, 0.29) is 36.7 Å². The van der Waals surface area contributed by atoms with Gasteiger partial charge in [-0.3, -0.25) is 14.8 Å². The van der Waals surface area contributed by atoms with Crippen molar-refractivity contribution in [2.24, 2.45) is 11.8 Å². The van der Waals surface area contributed by atoms with Crippen molar-refractivity contribution in [3.05, 3.63) is 17.5 Å². The largest absolute Gasteiger partial charge is 0.466 e. The minimum Gasteiger partial charge on any atom is -0.466 e. The lowest BCUT2D eigenvalue weighted by Gasteiger charge is -2.46. The van der Waals surface area contributed by atoms with Crippen LogP contribution in [0.15, 0.2) is 6.20 Å². The molecule has 1 N–H and O–H groups in total. The summed E-state index contributed by atoms with van der Waals surface area (Å²) in [5, 5.41) is 7.36. The number of hydrogen-bond donors (Lipinski definition) is 1. The van der Waals surface area contributed by atoms with Crippen molar-refractivity contribution in [3.8, 4) is 0 Å². The number of carbonyl (C=O) groups excluding carboxylic acids is 1. The molecule has 3 rings (SSSR count). The van der Waals surface area contributed by atoms with E-state index in [1.807, 2.05) is 13.1 Å². The highest BCUT2D eigenvalue weighted by molar-refractivity contribution is 5.85. The van der Waals surface area contributed by atoms with Gasteiger partial charge in [0.15, 0.2) is 0 Å². The molecule has 7 heteroatoms. The standard InChI is InChI=1S/C16H25N3O2.2ClH/c1-3-5-19-10-13(16(20)21-4-2)6-11-7-14-12(8-15(11)19)9-17-18-14;;/h9,11,13,15H,3-8,10H2,1-2H3,(H,17,18);2*1H/t11-,13-,15?;;/m1../s1. The quantitative estimate of drug-likeness (QED) is 0.835. The summed E-state index contributed by atoms with van der Waals surface area (Å²) in [4.78, 5) is 14.7. The first-order valence-electron chi connectivity index (χ1n) is 8.15. The van der Waals surface area contributed by atoms with Crippen LogP contribution in [0.5, 0.6) is 0 Å². The number of H-pyrrole nitrogens is 1. The molecule has 1 aromatic rings. The predicted molar refractivity (Wildman–Crippen MR) is 94.4 cm³/mol. The first-order valence-corrected chi connectivity index (χ1v) is 8.15. The zero-order valence-electron chi connectivity index (χ0n) is 13.8. The number of esters is 1. The summed E-state index contributed by atoms with van der Waals surface area (Å²) >= 11 is 0. The minimum atomic E-state index is -0.0233. The lowest BCUT2D eigenvalue weighted by Crippen LogP contribution is -2.53. The normalized spacial score (nSPS) is 26.3. The van der Waals surface area contributed by atoms with Gasteiger partial charge in [-0.15, -0.1) is 24.8 Å². The van der Waals surface area contributed by atoms with E-state index in [1.165, 1.54) is 11.3 Å². The Morgan fingerprint density at radius 3 is 2.87 bits per heavy atom. The summed E-state index contributed by atoms with van der Waals surface area (Å²) < 4.78 is 5.25. The average Bonchev–Trinajstić information content (AvgIpc) is 2.92. The second kappa shape index (κ2) is 8.90. The first-order chi connectivity index (χ1) is 10.2. The highest BCUT2D eigenvalue weighted by atomic mass is 35.5. The molecule has 1 saturated heterocycles. The molecule has 5 nitrogen and oxygen atoms in total. The van der Waals surface area contributed by atoms with Gasteiger partial charge < -0.3 is 4.74 Å². The van der Waals surface area contributed by atoms with E-state index in [0.29, 0.717) is 18.6 Å². The minimum absolute atomic E-state index is 0. The van der Waals surface area contributed by atoms with Crippen LogP contribution in [0, 0.1) is 11.8 Å². The molecule has 1 aliphatic carbocycles. The Labute approximate surface area is 150 Å². The van der Waals surface area contributed by atoms with Crippen molar-refractivity contribution < 1.29 is 9.53 Å². The number of carbonyl (C=O) groups is 1. The topological polar surface area (TPSA) is 58.2 Å². The van der Waals surface area contributed by atoms with Crippen molar-refractivity contribution in [1.29, 1.82) is 0 Å². The van der Waals surface area contributed by atoms with Crippen molar-refractivity contribution in [2.45, 2.75) is 45.6 Å². The third-order valence-corrected chi connectivity index (χ3v) is 4.88. The van der Waals surface area contributed by atoms with E-state index < -0.39 is 0 Å². The maximum absolute atomic E-state index is 12.1. The molecule has 0 saturated carbocycles. The third kappa shape index (κ3) is 4.20. The number of halogens is 2. The number of piperidine rings is 1. The zero-order valence-corrected chi connectivity index (χ0v) is 15.4. The van der Waals surface area contributed by atoms with Crippen LogP contribution >= 0.6 is 24.8 Å². The van der Waals surface area contributed by atoms with Crippen LogP contribution < -0.4 is 0 Å². The predicted octanol–water partition coefficient (Wildman–Crippen LogP) is 2.63. The summed E-state index contributed by atoms with van der Waals surface area (Å²) in [6.07, 6.45) is 6.14. The fraction of sp³-hybridized carbons (Fsp3) is 0.750. The maximum Gasteiger partial charge on any atom is 0.310 e. The smallest absolute Gasteiger partial charge is 0.310 e. The van der Waals surface area contributed by atoms with Gasteiger partial charge in [0.2, 0.25) is 0 Å². The maximum atomic E-state index is 12.1. The molecule has 2 aliphatic rings. The van der Waals surface area contributed by atoms with Crippen LogP contribution in [0.1, 0.15) is 37.9 Å². The number of hydrogen-bond acceptors (Lipinski definition) is 4. The van der Waals surface area contributed by atoms with Gasteiger partial charge in [-0.05, 0) is 50.6 Å². The van der Waals surface area contributed by atoms with Crippen LogP contribution in [-0.2, 0) is 22.4 Å². The van der Waals surface area contributed by atoms with E-state index in [2.05, 4.69) is 22.0 Å². The zero-order chi connectivity index (χ0) is 14.8. The number of fused-ring (bicyclic) bond motifs is 2. The molecule has 0 radical (unpaired) electrons. The van der Waals surface area contributed by atoms with Crippen molar-refractivity contribution in [2.75, 3.05) is 19.7 Å². The Kier molecular flexibility index (Phi) is 7.84. The Hall–Kier alpha value is -0.780. The molecular weight excluding hydrogens is 337 g/mol. The van der Waals surface area contributed by atoms with Gasteiger partial charge in [0.25, 0.3) is 0 Å². The van der Waals surface area contributed by atoms with Crippen LogP contribution in [0.4, 0.5) is 0 Å². The number of ether oxygens (including phenoxy) is 1. The van der Waals surface area contributed by atoms with Crippen LogP contribution in [0.3, 0.4) is 0 Å². The van der Waals surface area contributed by atoms with Crippen LogP contribution in [0.25, 0.3) is 0 Å². The van der Waals surface area contributed by atoms with E-state index in [0.717, 1.165) is 38.8 Å². The Bertz CT molecular complexity index is 509. The molecule has 1 aromatic heterocycles. The molecular formula is C16H27Cl2N3O2. The number of aromatic amines is 1. The molecule has 0 bridgehead atoms. The SMILES string of the molecule is CCCN1C[C@H](C(=O)OCC)C[C@@H]2Cc3n[nH]cc3CC21.Cl.Cl. The molecule has 0 amide bonds.